The van der Waals surface area contributed by atoms with Crippen molar-refractivity contribution in [1.29, 1.82) is 0 Å². The lowest BCUT2D eigenvalue weighted by molar-refractivity contribution is -0.123. The van der Waals surface area contributed by atoms with E-state index >= 15 is 0 Å². The van der Waals surface area contributed by atoms with Crippen LogP contribution in [0.1, 0.15) is 30.0 Å². The number of carbonyl (C=O) groups is 3. The summed E-state index contributed by atoms with van der Waals surface area (Å²) in [6, 6.07) is 6.17. The van der Waals surface area contributed by atoms with Gasteiger partial charge in [0.25, 0.3) is 5.91 Å². The predicted octanol–water partition coefficient (Wildman–Crippen LogP) is 2.94. The summed E-state index contributed by atoms with van der Waals surface area (Å²) < 4.78 is 10.1. The van der Waals surface area contributed by atoms with E-state index in [2.05, 4.69) is 15.8 Å². The summed E-state index contributed by atoms with van der Waals surface area (Å²) in [4.78, 5) is 35.7. The Balaban J connectivity index is 2.01. The number of nitrogens with zero attached hydrogens (tertiary/aromatic N) is 1. The Morgan fingerprint density at radius 2 is 1.96 bits per heavy atom. The molecule has 144 valence electrons. The molecule has 0 saturated carbocycles. The number of carbonyl (C=O) groups excluding carboxylic acids is 3. The van der Waals surface area contributed by atoms with Crippen LogP contribution in [-0.4, -0.2) is 36.2 Å². The summed E-state index contributed by atoms with van der Waals surface area (Å²) >= 11 is 6.14. The molecule has 1 aromatic carbocycles. The van der Waals surface area contributed by atoms with Crippen molar-refractivity contribution in [3.8, 4) is 11.3 Å². The van der Waals surface area contributed by atoms with Gasteiger partial charge in [0, 0.05) is 12.1 Å². The first-order valence-electron chi connectivity index (χ1n) is 8.25. The molecule has 0 aliphatic rings. The van der Waals surface area contributed by atoms with E-state index in [1.54, 1.807) is 31.2 Å². The fourth-order valence-electron chi connectivity index (χ4n) is 2.16. The van der Waals surface area contributed by atoms with E-state index in [0.717, 1.165) is 0 Å². The van der Waals surface area contributed by atoms with Gasteiger partial charge in [-0.25, -0.2) is 9.59 Å². The van der Waals surface area contributed by atoms with E-state index in [9.17, 15) is 14.4 Å². The first-order chi connectivity index (χ1) is 12.8. The highest BCUT2D eigenvalue weighted by Crippen LogP contribution is 2.31. The molecule has 9 heteroatoms. The van der Waals surface area contributed by atoms with E-state index < -0.39 is 24.5 Å². The average Bonchev–Trinajstić information content (AvgIpc) is 2.99. The smallest absolute Gasteiger partial charge is 0.344 e. The van der Waals surface area contributed by atoms with Gasteiger partial charge < -0.3 is 14.6 Å². The van der Waals surface area contributed by atoms with Gasteiger partial charge in [0.15, 0.2) is 6.61 Å². The van der Waals surface area contributed by atoms with Crippen LogP contribution >= 0.6 is 11.6 Å². The maximum absolute atomic E-state index is 12.4. The summed E-state index contributed by atoms with van der Waals surface area (Å²) in [5, 5.41) is 8.85. The fourth-order valence-corrected chi connectivity index (χ4v) is 2.38. The molecule has 2 rings (SSSR count). The minimum absolute atomic E-state index is 0.0696. The monoisotopic (exact) mass is 393 g/mol. The Labute approximate surface area is 161 Å². The number of ether oxygens (including phenoxy) is 1. The topological polar surface area (TPSA) is 111 Å². The SMILES string of the molecule is Cc1onc(-c2ccccc2Cl)c1C(=O)OCC(=O)NC(=O)NCC(C)C. The van der Waals surface area contributed by atoms with Crippen molar-refractivity contribution < 1.29 is 23.6 Å². The summed E-state index contributed by atoms with van der Waals surface area (Å²) in [6.07, 6.45) is 0. The van der Waals surface area contributed by atoms with Crippen LogP contribution in [0.5, 0.6) is 0 Å². The van der Waals surface area contributed by atoms with Gasteiger partial charge in [-0.05, 0) is 18.9 Å². The highest BCUT2D eigenvalue weighted by molar-refractivity contribution is 6.33. The van der Waals surface area contributed by atoms with E-state index in [-0.39, 0.29) is 22.9 Å². The van der Waals surface area contributed by atoms with Gasteiger partial charge in [-0.2, -0.15) is 0 Å². The highest BCUT2D eigenvalue weighted by Gasteiger charge is 2.25. The molecule has 0 bridgehead atoms. The molecule has 0 aliphatic heterocycles. The quantitative estimate of drug-likeness (QED) is 0.730. The van der Waals surface area contributed by atoms with Crippen molar-refractivity contribution in [2.75, 3.05) is 13.2 Å². The van der Waals surface area contributed by atoms with Crippen molar-refractivity contribution in [3.63, 3.8) is 0 Å². The number of urea groups is 1. The van der Waals surface area contributed by atoms with Crippen LogP contribution in [0.25, 0.3) is 11.3 Å². The third-order valence-electron chi connectivity index (χ3n) is 3.45. The molecule has 8 nitrogen and oxygen atoms in total. The molecule has 1 aromatic heterocycles. The van der Waals surface area contributed by atoms with E-state index in [1.807, 2.05) is 13.8 Å². The van der Waals surface area contributed by atoms with Crippen molar-refractivity contribution in [2.45, 2.75) is 20.8 Å². The lowest BCUT2D eigenvalue weighted by atomic mass is 10.1. The van der Waals surface area contributed by atoms with E-state index in [4.69, 9.17) is 20.9 Å². The molecule has 2 N–H and O–H groups in total. The zero-order valence-electron chi connectivity index (χ0n) is 15.2. The summed E-state index contributed by atoms with van der Waals surface area (Å²) in [5.41, 5.74) is 0.791. The molecule has 3 amide bonds. The minimum Gasteiger partial charge on any atom is -0.452 e. The van der Waals surface area contributed by atoms with E-state index in [0.29, 0.717) is 17.1 Å². The number of esters is 1. The number of benzene rings is 1. The molecule has 0 fully saturated rings. The molecular formula is C18H20ClN3O5. The Morgan fingerprint density at radius 3 is 2.63 bits per heavy atom. The summed E-state index contributed by atoms with van der Waals surface area (Å²) in [7, 11) is 0. The number of nitrogens with one attached hydrogen (secondary N) is 2. The molecule has 0 spiro atoms. The number of hydrogen-bond acceptors (Lipinski definition) is 6. The summed E-state index contributed by atoms with van der Waals surface area (Å²) in [5.74, 6) is -1.09. The molecule has 0 unspecified atom stereocenters. The second-order valence-electron chi connectivity index (χ2n) is 6.17. The Hall–Kier alpha value is -2.87. The lowest BCUT2D eigenvalue weighted by Crippen LogP contribution is -2.42. The van der Waals surface area contributed by atoms with Crippen molar-refractivity contribution in [3.05, 3.63) is 40.6 Å². The van der Waals surface area contributed by atoms with Crippen LogP contribution in [0, 0.1) is 12.8 Å². The maximum Gasteiger partial charge on any atom is 0.344 e. The van der Waals surface area contributed by atoms with Gasteiger partial charge in [0.2, 0.25) is 0 Å². The van der Waals surface area contributed by atoms with Gasteiger partial charge in [0.1, 0.15) is 17.0 Å². The highest BCUT2D eigenvalue weighted by atomic mass is 35.5. The molecular weight excluding hydrogens is 374 g/mol. The Morgan fingerprint density at radius 1 is 1.26 bits per heavy atom. The molecule has 1 heterocycles. The number of aromatic nitrogens is 1. The number of aryl methyl sites for hydroxylation is 1. The zero-order valence-corrected chi connectivity index (χ0v) is 15.9. The Bertz CT molecular complexity index is 847. The van der Waals surface area contributed by atoms with Crippen LogP contribution in [0.15, 0.2) is 28.8 Å². The second kappa shape index (κ2) is 9.18. The molecule has 0 atom stereocenters. The molecule has 0 saturated heterocycles. The van der Waals surface area contributed by atoms with Gasteiger partial charge in [-0.15, -0.1) is 0 Å². The third kappa shape index (κ3) is 5.55. The number of halogens is 1. The molecule has 0 radical (unpaired) electrons. The first kappa shape index (κ1) is 20.4. The Kier molecular flexibility index (Phi) is 6.95. The molecule has 2 aromatic rings. The largest absolute Gasteiger partial charge is 0.452 e. The zero-order chi connectivity index (χ0) is 20.0. The maximum atomic E-state index is 12.4. The minimum atomic E-state index is -0.804. The number of hydrogen-bond donors (Lipinski definition) is 2. The normalized spacial score (nSPS) is 10.6. The number of imide groups is 1. The van der Waals surface area contributed by atoms with Crippen molar-refractivity contribution >= 4 is 29.5 Å². The van der Waals surface area contributed by atoms with Crippen LogP contribution in [0.2, 0.25) is 5.02 Å². The molecule has 0 aliphatic carbocycles. The molecule has 27 heavy (non-hydrogen) atoms. The van der Waals surface area contributed by atoms with Crippen molar-refractivity contribution in [2.24, 2.45) is 5.92 Å². The van der Waals surface area contributed by atoms with Gasteiger partial charge in [-0.1, -0.05) is 48.8 Å². The third-order valence-corrected chi connectivity index (χ3v) is 3.78. The average molecular weight is 394 g/mol. The fraction of sp³-hybridized carbons (Fsp3) is 0.333. The predicted molar refractivity (Wildman–Crippen MR) is 98.3 cm³/mol. The number of rotatable bonds is 6. The van der Waals surface area contributed by atoms with Crippen LogP contribution in [0.3, 0.4) is 0 Å². The van der Waals surface area contributed by atoms with Gasteiger partial charge in [-0.3, -0.25) is 10.1 Å². The standard InChI is InChI=1S/C18H20ClN3O5/c1-10(2)8-20-18(25)21-14(23)9-26-17(24)15-11(3)27-22-16(15)12-6-4-5-7-13(12)19/h4-7,10H,8-9H2,1-3H3,(H2,20,21,23,25). The van der Waals surface area contributed by atoms with Crippen LogP contribution in [0.4, 0.5) is 4.79 Å². The van der Waals surface area contributed by atoms with E-state index in [1.165, 1.54) is 0 Å². The van der Waals surface area contributed by atoms with Crippen molar-refractivity contribution in [1.82, 2.24) is 15.8 Å². The van der Waals surface area contributed by atoms with Gasteiger partial charge >= 0.3 is 12.0 Å². The first-order valence-corrected chi connectivity index (χ1v) is 8.63. The number of amides is 3. The summed E-state index contributed by atoms with van der Waals surface area (Å²) in [6.45, 7) is 5.17. The van der Waals surface area contributed by atoms with Crippen LogP contribution < -0.4 is 10.6 Å². The second-order valence-corrected chi connectivity index (χ2v) is 6.58. The van der Waals surface area contributed by atoms with Crippen LogP contribution in [-0.2, 0) is 9.53 Å². The van der Waals surface area contributed by atoms with Gasteiger partial charge in [0.05, 0.1) is 5.02 Å². The lowest BCUT2D eigenvalue weighted by Gasteiger charge is -2.09.